The summed E-state index contributed by atoms with van der Waals surface area (Å²) >= 11 is 0. The van der Waals surface area contributed by atoms with Gasteiger partial charge in [-0.3, -0.25) is 14.4 Å². The standard InChI is InChI=1S/C28H33N5O3/c1-27(9-4-10-27)26(36)33(21-5-2-11-29-16-21)17-23(34)31-20-8-7-18-14-28(15-19(18)13-20)22-6-3-12-30-24(22)32-25(28)35/h3,6-8,12-13,21,29H,2,4-5,9-11,14-17H2,1H3,(H,31,34)(H,30,32,35)/t21-,28+/m0/s1. The third-order valence-corrected chi connectivity index (χ3v) is 8.72. The lowest BCUT2D eigenvalue weighted by molar-refractivity contribution is -0.150. The van der Waals surface area contributed by atoms with Gasteiger partial charge in [0.05, 0.1) is 5.41 Å². The van der Waals surface area contributed by atoms with Crippen LogP contribution in [0.3, 0.4) is 0 Å². The number of carbonyl (C=O) groups excluding carboxylic acids is 3. The average molecular weight is 488 g/mol. The molecule has 2 aliphatic heterocycles. The molecule has 0 bridgehead atoms. The number of pyridine rings is 1. The molecule has 6 rings (SSSR count). The van der Waals surface area contributed by atoms with Crippen molar-refractivity contribution in [3.8, 4) is 0 Å². The van der Waals surface area contributed by atoms with Crippen LogP contribution >= 0.6 is 0 Å². The van der Waals surface area contributed by atoms with Crippen LogP contribution in [-0.4, -0.2) is 53.3 Å². The van der Waals surface area contributed by atoms with Crippen LogP contribution in [0.1, 0.15) is 55.7 Å². The summed E-state index contributed by atoms with van der Waals surface area (Å²) in [7, 11) is 0. The fourth-order valence-electron chi connectivity index (χ4n) is 6.43. The number of fused-ring (bicyclic) bond motifs is 3. The van der Waals surface area contributed by atoms with E-state index in [0.29, 0.717) is 24.3 Å². The normalized spacial score (nSPS) is 25.5. The predicted octanol–water partition coefficient (Wildman–Crippen LogP) is 2.78. The highest BCUT2D eigenvalue weighted by molar-refractivity contribution is 6.06. The summed E-state index contributed by atoms with van der Waals surface area (Å²) in [4.78, 5) is 45.7. The molecule has 1 aromatic carbocycles. The molecule has 1 saturated heterocycles. The third-order valence-electron chi connectivity index (χ3n) is 8.72. The molecule has 1 aromatic heterocycles. The van der Waals surface area contributed by atoms with E-state index in [0.717, 1.165) is 61.9 Å². The SMILES string of the molecule is CC1(C(=O)N(CC(=O)Nc2ccc3c(c2)C[C@@]2(C3)C(=O)Nc3ncccc32)[C@H]2CCCNC2)CCC1. The van der Waals surface area contributed by atoms with E-state index in [2.05, 4.69) is 20.9 Å². The fraction of sp³-hybridized carbons (Fsp3) is 0.500. The van der Waals surface area contributed by atoms with Crippen molar-refractivity contribution in [1.82, 2.24) is 15.2 Å². The van der Waals surface area contributed by atoms with E-state index in [1.54, 1.807) is 6.20 Å². The lowest BCUT2D eigenvalue weighted by atomic mass is 9.69. The molecule has 1 saturated carbocycles. The second-order valence-corrected chi connectivity index (χ2v) is 11.2. The predicted molar refractivity (Wildman–Crippen MR) is 137 cm³/mol. The van der Waals surface area contributed by atoms with Crippen molar-refractivity contribution in [3.63, 3.8) is 0 Å². The van der Waals surface area contributed by atoms with Crippen LogP contribution in [0.25, 0.3) is 0 Å². The van der Waals surface area contributed by atoms with E-state index in [4.69, 9.17) is 0 Å². The minimum absolute atomic E-state index is 0.0160. The van der Waals surface area contributed by atoms with Gasteiger partial charge in [0.25, 0.3) is 0 Å². The Hall–Kier alpha value is -3.26. The Bertz CT molecular complexity index is 1230. The molecule has 0 unspecified atom stereocenters. The number of nitrogens with zero attached hydrogens (tertiary/aromatic N) is 2. The first kappa shape index (κ1) is 23.2. The first-order valence-corrected chi connectivity index (χ1v) is 13.1. The maximum Gasteiger partial charge on any atom is 0.244 e. The van der Waals surface area contributed by atoms with Crippen molar-refractivity contribution >= 4 is 29.2 Å². The Morgan fingerprint density at radius 1 is 1.17 bits per heavy atom. The van der Waals surface area contributed by atoms with E-state index in [1.165, 1.54) is 0 Å². The van der Waals surface area contributed by atoms with Crippen LogP contribution in [0, 0.1) is 5.41 Å². The molecule has 36 heavy (non-hydrogen) atoms. The van der Waals surface area contributed by atoms with Crippen molar-refractivity contribution in [2.75, 3.05) is 30.3 Å². The van der Waals surface area contributed by atoms with Crippen molar-refractivity contribution in [3.05, 3.63) is 53.2 Å². The molecule has 1 spiro atoms. The Morgan fingerprint density at radius 2 is 2.00 bits per heavy atom. The number of amides is 3. The number of rotatable bonds is 5. The number of nitrogens with one attached hydrogen (secondary N) is 3. The zero-order valence-electron chi connectivity index (χ0n) is 20.7. The van der Waals surface area contributed by atoms with Gasteiger partial charge in [-0.05, 0) is 74.4 Å². The highest BCUT2D eigenvalue weighted by atomic mass is 16.2. The molecule has 4 aliphatic rings. The van der Waals surface area contributed by atoms with Gasteiger partial charge in [0, 0.05) is 35.4 Å². The molecule has 0 radical (unpaired) electrons. The Morgan fingerprint density at radius 3 is 2.75 bits per heavy atom. The van der Waals surface area contributed by atoms with Gasteiger partial charge in [0.1, 0.15) is 12.4 Å². The number of hydrogen-bond acceptors (Lipinski definition) is 5. The molecule has 3 N–H and O–H groups in total. The van der Waals surface area contributed by atoms with Gasteiger partial charge in [0.2, 0.25) is 17.7 Å². The van der Waals surface area contributed by atoms with E-state index >= 15 is 0 Å². The maximum absolute atomic E-state index is 13.4. The molecule has 8 heteroatoms. The number of piperidine rings is 1. The Kier molecular flexibility index (Phi) is 5.59. The summed E-state index contributed by atoms with van der Waals surface area (Å²) in [6.45, 7) is 3.78. The molecular weight excluding hydrogens is 454 g/mol. The summed E-state index contributed by atoms with van der Waals surface area (Å²) in [5.74, 6) is 0.550. The van der Waals surface area contributed by atoms with Crippen LogP contribution < -0.4 is 16.0 Å². The monoisotopic (exact) mass is 487 g/mol. The summed E-state index contributed by atoms with van der Waals surface area (Å²) in [6, 6.07) is 9.77. The number of benzene rings is 1. The van der Waals surface area contributed by atoms with Crippen LogP contribution in [0.2, 0.25) is 0 Å². The summed E-state index contributed by atoms with van der Waals surface area (Å²) < 4.78 is 0. The quantitative estimate of drug-likeness (QED) is 0.602. The molecular formula is C28H33N5O3. The Balaban J connectivity index is 1.18. The topological polar surface area (TPSA) is 103 Å². The van der Waals surface area contributed by atoms with Gasteiger partial charge < -0.3 is 20.9 Å². The zero-order valence-corrected chi connectivity index (χ0v) is 20.7. The minimum Gasteiger partial charge on any atom is -0.329 e. The third kappa shape index (κ3) is 3.79. The van der Waals surface area contributed by atoms with Gasteiger partial charge in [-0.1, -0.05) is 25.5 Å². The maximum atomic E-state index is 13.4. The molecule has 188 valence electrons. The molecule has 2 atom stereocenters. The summed E-state index contributed by atoms with van der Waals surface area (Å²) in [5.41, 5.74) is 2.84. The molecule has 2 aliphatic carbocycles. The van der Waals surface area contributed by atoms with Crippen molar-refractivity contribution in [2.45, 2.75) is 63.3 Å². The zero-order chi connectivity index (χ0) is 24.9. The fourth-order valence-corrected chi connectivity index (χ4v) is 6.43. The van der Waals surface area contributed by atoms with Gasteiger partial charge in [-0.15, -0.1) is 0 Å². The molecule has 2 fully saturated rings. The minimum atomic E-state index is -0.635. The van der Waals surface area contributed by atoms with Crippen LogP contribution in [0.5, 0.6) is 0 Å². The number of carbonyl (C=O) groups is 3. The van der Waals surface area contributed by atoms with E-state index in [1.807, 2.05) is 42.2 Å². The van der Waals surface area contributed by atoms with Crippen molar-refractivity contribution in [2.24, 2.45) is 5.41 Å². The first-order valence-electron chi connectivity index (χ1n) is 13.1. The van der Waals surface area contributed by atoms with E-state index in [9.17, 15) is 14.4 Å². The highest BCUT2D eigenvalue weighted by Crippen LogP contribution is 2.47. The molecule has 8 nitrogen and oxygen atoms in total. The van der Waals surface area contributed by atoms with Gasteiger partial charge >= 0.3 is 0 Å². The Labute approximate surface area is 211 Å². The second-order valence-electron chi connectivity index (χ2n) is 11.2. The number of anilines is 2. The average Bonchev–Trinajstić information content (AvgIpc) is 3.38. The molecule has 3 amide bonds. The van der Waals surface area contributed by atoms with Crippen LogP contribution in [0.4, 0.5) is 11.5 Å². The van der Waals surface area contributed by atoms with E-state index < -0.39 is 5.41 Å². The van der Waals surface area contributed by atoms with Crippen molar-refractivity contribution in [1.29, 1.82) is 0 Å². The van der Waals surface area contributed by atoms with Gasteiger partial charge in [-0.2, -0.15) is 0 Å². The number of aromatic nitrogens is 1. The van der Waals surface area contributed by atoms with Gasteiger partial charge in [-0.25, -0.2) is 4.98 Å². The molecule has 2 aromatic rings. The highest BCUT2D eigenvalue weighted by Gasteiger charge is 2.51. The second kappa shape index (κ2) is 8.69. The lowest BCUT2D eigenvalue weighted by Crippen LogP contribution is -2.56. The number of hydrogen-bond donors (Lipinski definition) is 3. The van der Waals surface area contributed by atoms with Crippen LogP contribution in [-0.2, 0) is 32.6 Å². The van der Waals surface area contributed by atoms with Crippen molar-refractivity contribution < 1.29 is 14.4 Å². The molecule has 3 heterocycles. The summed E-state index contributed by atoms with van der Waals surface area (Å²) in [5, 5.41) is 9.34. The largest absolute Gasteiger partial charge is 0.329 e. The van der Waals surface area contributed by atoms with Crippen LogP contribution in [0.15, 0.2) is 36.5 Å². The first-order chi connectivity index (χ1) is 17.4. The smallest absolute Gasteiger partial charge is 0.244 e. The lowest BCUT2D eigenvalue weighted by Gasteiger charge is -2.44. The summed E-state index contributed by atoms with van der Waals surface area (Å²) in [6.07, 6.45) is 7.67. The van der Waals surface area contributed by atoms with E-state index in [-0.39, 0.29) is 35.7 Å². The van der Waals surface area contributed by atoms with Gasteiger partial charge in [0.15, 0.2) is 0 Å².